The molecule has 0 amide bonds. The summed E-state index contributed by atoms with van der Waals surface area (Å²) in [7, 11) is 0. The molecule has 2 aromatic rings. The summed E-state index contributed by atoms with van der Waals surface area (Å²) in [4.78, 5) is 9.92. The molecule has 0 aliphatic carbocycles. The van der Waals surface area contributed by atoms with Crippen molar-refractivity contribution in [3.8, 4) is 5.75 Å². The fourth-order valence-corrected chi connectivity index (χ4v) is 1.86. The van der Waals surface area contributed by atoms with E-state index in [9.17, 15) is 28.4 Å². The van der Waals surface area contributed by atoms with Crippen LogP contribution >= 0.6 is 0 Å². The van der Waals surface area contributed by atoms with Gasteiger partial charge >= 0.3 is 6.18 Å². The molecule has 2 N–H and O–H groups in total. The number of phenols is 1. The summed E-state index contributed by atoms with van der Waals surface area (Å²) in [6, 6.07) is 6.55. The van der Waals surface area contributed by atoms with Crippen molar-refractivity contribution in [1.29, 1.82) is 0 Å². The van der Waals surface area contributed by atoms with Crippen LogP contribution < -0.4 is 5.32 Å². The van der Waals surface area contributed by atoms with Gasteiger partial charge in [-0.1, -0.05) is 0 Å². The Kier molecular flexibility index (Phi) is 3.94. The summed E-state index contributed by atoms with van der Waals surface area (Å²) in [5.41, 5.74) is -0.214. The number of rotatable bonds is 3. The molecule has 2 aromatic carbocycles. The molecule has 0 fully saturated rings. The van der Waals surface area contributed by atoms with Crippen LogP contribution in [0.5, 0.6) is 5.75 Å². The van der Waals surface area contributed by atoms with Gasteiger partial charge in [-0.05, 0) is 36.8 Å². The molecular formula is C14H11F3N2O3. The van der Waals surface area contributed by atoms with Crippen LogP contribution in [0.25, 0.3) is 0 Å². The standard InChI is InChI=1S/C14H11F3N2O3/c1-8-6-9(14(15,16)17)2-4-11(8)18-12-5-3-10(19(21)22)7-13(12)20/h2-7,18,20H,1H3. The number of hydrogen-bond donors (Lipinski definition) is 2. The Morgan fingerprint density at radius 3 is 2.27 bits per heavy atom. The molecule has 116 valence electrons. The van der Waals surface area contributed by atoms with Gasteiger partial charge in [0, 0.05) is 11.8 Å². The summed E-state index contributed by atoms with van der Waals surface area (Å²) < 4.78 is 37.8. The van der Waals surface area contributed by atoms with Crippen LogP contribution in [0, 0.1) is 17.0 Å². The molecule has 0 unspecified atom stereocenters. The van der Waals surface area contributed by atoms with Crippen LogP contribution in [0.15, 0.2) is 36.4 Å². The summed E-state index contributed by atoms with van der Waals surface area (Å²) >= 11 is 0. The Bertz CT molecular complexity index is 730. The summed E-state index contributed by atoms with van der Waals surface area (Å²) in [6.07, 6.45) is -4.43. The molecule has 0 saturated heterocycles. The molecule has 0 radical (unpaired) electrons. The van der Waals surface area contributed by atoms with E-state index in [0.29, 0.717) is 11.3 Å². The minimum Gasteiger partial charge on any atom is -0.506 e. The molecule has 2 rings (SSSR count). The first-order chi connectivity index (χ1) is 10.2. The number of nitrogens with zero attached hydrogens (tertiary/aromatic N) is 1. The highest BCUT2D eigenvalue weighted by Gasteiger charge is 2.30. The minimum atomic E-state index is -4.43. The highest BCUT2D eigenvalue weighted by atomic mass is 19.4. The second-order valence-electron chi connectivity index (χ2n) is 4.61. The van der Waals surface area contributed by atoms with Crippen molar-refractivity contribution >= 4 is 17.1 Å². The summed E-state index contributed by atoms with van der Waals surface area (Å²) in [5.74, 6) is -0.367. The molecule has 22 heavy (non-hydrogen) atoms. The maximum atomic E-state index is 12.6. The second kappa shape index (κ2) is 5.55. The maximum Gasteiger partial charge on any atom is 0.416 e. The molecule has 0 saturated carbocycles. The Balaban J connectivity index is 2.30. The van der Waals surface area contributed by atoms with Gasteiger partial charge in [0.15, 0.2) is 0 Å². The lowest BCUT2D eigenvalue weighted by Gasteiger charge is -2.13. The lowest BCUT2D eigenvalue weighted by Crippen LogP contribution is -2.05. The van der Waals surface area contributed by atoms with E-state index in [2.05, 4.69) is 5.32 Å². The Morgan fingerprint density at radius 1 is 1.14 bits per heavy atom. The zero-order valence-electron chi connectivity index (χ0n) is 11.3. The number of nitro groups is 1. The van der Waals surface area contributed by atoms with Gasteiger partial charge in [0.2, 0.25) is 0 Å². The van der Waals surface area contributed by atoms with Crippen molar-refractivity contribution in [2.75, 3.05) is 5.32 Å². The van der Waals surface area contributed by atoms with E-state index in [-0.39, 0.29) is 17.1 Å². The van der Waals surface area contributed by atoms with Crippen LogP contribution in [0.3, 0.4) is 0 Å². The third-order valence-corrected chi connectivity index (χ3v) is 3.02. The summed E-state index contributed by atoms with van der Waals surface area (Å²) in [5, 5.41) is 23.1. The van der Waals surface area contributed by atoms with Crippen molar-refractivity contribution in [3.63, 3.8) is 0 Å². The van der Waals surface area contributed by atoms with Crippen LogP contribution in [0.4, 0.5) is 30.2 Å². The molecule has 5 nitrogen and oxygen atoms in total. The second-order valence-corrected chi connectivity index (χ2v) is 4.61. The molecule has 0 spiro atoms. The summed E-state index contributed by atoms with van der Waals surface area (Å²) in [6.45, 7) is 1.49. The van der Waals surface area contributed by atoms with Crippen molar-refractivity contribution in [2.24, 2.45) is 0 Å². The lowest BCUT2D eigenvalue weighted by molar-refractivity contribution is -0.384. The number of non-ortho nitro benzene ring substituents is 1. The number of phenolic OH excluding ortho intramolecular Hbond substituents is 1. The lowest BCUT2D eigenvalue weighted by atomic mass is 10.1. The fraction of sp³-hybridized carbons (Fsp3) is 0.143. The zero-order chi connectivity index (χ0) is 16.5. The number of hydrogen-bond acceptors (Lipinski definition) is 4. The Hall–Kier alpha value is -2.77. The minimum absolute atomic E-state index is 0.161. The monoisotopic (exact) mass is 312 g/mol. The van der Waals surface area contributed by atoms with Crippen molar-refractivity contribution < 1.29 is 23.2 Å². The first-order valence-electron chi connectivity index (χ1n) is 6.11. The molecule has 0 aliphatic heterocycles. The topological polar surface area (TPSA) is 75.4 Å². The Labute approximate surface area is 123 Å². The molecule has 0 aliphatic rings. The first kappa shape index (κ1) is 15.6. The third kappa shape index (κ3) is 3.27. The van der Waals surface area contributed by atoms with Crippen LogP contribution in [-0.2, 0) is 6.18 Å². The number of benzene rings is 2. The Morgan fingerprint density at radius 2 is 1.77 bits per heavy atom. The van der Waals surface area contributed by atoms with E-state index in [1.165, 1.54) is 25.1 Å². The van der Waals surface area contributed by atoms with E-state index < -0.39 is 16.7 Å². The van der Waals surface area contributed by atoms with Gasteiger partial charge in [-0.25, -0.2) is 0 Å². The van der Waals surface area contributed by atoms with Gasteiger partial charge in [0.05, 0.1) is 22.2 Å². The number of halogens is 3. The molecule has 0 bridgehead atoms. The SMILES string of the molecule is Cc1cc(C(F)(F)F)ccc1Nc1ccc([N+](=O)[O-])cc1O. The number of nitrogens with one attached hydrogen (secondary N) is 1. The van der Waals surface area contributed by atoms with Crippen molar-refractivity contribution in [1.82, 2.24) is 0 Å². The smallest absolute Gasteiger partial charge is 0.416 e. The molecule has 0 atom stereocenters. The highest BCUT2D eigenvalue weighted by molar-refractivity contribution is 5.70. The zero-order valence-corrected chi connectivity index (χ0v) is 11.3. The predicted octanol–water partition coefficient (Wildman–Crippen LogP) is 4.37. The van der Waals surface area contributed by atoms with Crippen LogP contribution in [0.2, 0.25) is 0 Å². The van der Waals surface area contributed by atoms with Gasteiger partial charge in [-0.2, -0.15) is 13.2 Å². The van der Waals surface area contributed by atoms with Gasteiger partial charge < -0.3 is 10.4 Å². The van der Waals surface area contributed by atoms with E-state index in [1.54, 1.807) is 0 Å². The van der Waals surface area contributed by atoms with Gasteiger partial charge in [-0.3, -0.25) is 10.1 Å². The predicted molar refractivity (Wildman–Crippen MR) is 74.2 cm³/mol. The number of aryl methyl sites for hydroxylation is 1. The van der Waals surface area contributed by atoms with E-state index in [0.717, 1.165) is 18.2 Å². The number of alkyl halides is 3. The average Bonchev–Trinajstić information content (AvgIpc) is 2.41. The van der Waals surface area contributed by atoms with Crippen molar-refractivity contribution in [3.05, 3.63) is 57.6 Å². The number of nitro benzene ring substituents is 1. The largest absolute Gasteiger partial charge is 0.506 e. The van der Waals surface area contributed by atoms with Gasteiger partial charge in [0.25, 0.3) is 5.69 Å². The molecule has 8 heteroatoms. The molecular weight excluding hydrogens is 301 g/mol. The first-order valence-corrected chi connectivity index (χ1v) is 6.11. The van der Waals surface area contributed by atoms with E-state index in [4.69, 9.17) is 0 Å². The third-order valence-electron chi connectivity index (χ3n) is 3.02. The normalized spacial score (nSPS) is 11.3. The fourth-order valence-electron chi connectivity index (χ4n) is 1.86. The maximum absolute atomic E-state index is 12.6. The van der Waals surface area contributed by atoms with Crippen LogP contribution in [-0.4, -0.2) is 10.0 Å². The average molecular weight is 312 g/mol. The number of aromatic hydroxyl groups is 1. The van der Waals surface area contributed by atoms with Gasteiger partial charge in [-0.15, -0.1) is 0 Å². The number of anilines is 2. The molecule has 0 aromatic heterocycles. The molecule has 0 heterocycles. The quantitative estimate of drug-likeness (QED) is 0.501. The van der Waals surface area contributed by atoms with E-state index >= 15 is 0 Å². The van der Waals surface area contributed by atoms with Gasteiger partial charge in [0.1, 0.15) is 5.75 Å². The highest BCUT2D eigenvalue weighted by Crippen LogP contribution is 2.34. The van der Waals surface area contributed by atoms with Crippen molar-refractivity contribution in [2.45, 2.75) is 13.1 Å². The van der Waals surface area contributed by atoms with Crippen LogP contribution in [0.1, 0.15) is 11.1 Å². The van der Waals surface area contributed by atoms with E-state index in [1.807, 2.05) is 0 Å².